The first-order valence-corrected chi connectivity index (χ1v) is 6.70. The van der Waals surface area contributed by atoms with E-state index in [9.17, 15) is 4.79 Å². The highest BCUT2D eigenvalue weighted by Gasteiger charge is 2.15. The zero-order valence-corrected chi connectivity index (χ0v) is 12.1. The van der Waals surface area contributed by atoms with Crippen LogP contribution in [0.15, 0.2) is 48.5 Å². The van der Waals surface area contributed by atoms with Crippen molar-refractivity contribution in [3.8, 4) is 11.8 Å². The molecule has 0 fully saturated rings. The summed E-state index contributed by atoms with van der Waals surface area (Å²) in [5.74, 6) is 0.225. The smallest absolute Gasteiger partial charge is 0.265 e. The molecule has 1 unspecified atom stereocenters. The number of rotatable bonds is 4. The van der Waals surface area contributed by atoms with Crippen LogP contribution in [0.1, 0.15) is 12.5 Å². The fourth-order valence-corrected chi connectivity index (χ4v) is 1.85. The highest BCUT2D eigenvalue weighted by Crippen LogP contribution is 2.21. The largest absolute Gasteiger partial charge is 0.481 e. The summed E-state index contributed by atoms with van der Waals surface area (Å²) in [7, 11) is 0. The maximum Gasteiger partial charge on any atom is 0.265 e. The van der Waals surface area contributed by atoms with Gasteiger partial charge in [-0.15, -0.1) is 0 Å². The first-order valence-electron chi connectivity index (χ1n) is 6.32. The molecule has 0 saturated carbocycles. The van der Waals surface area contributed by atoms with Crippen LogP contribution in [0.4, 0.5) is 5.69 Å². The van der Waals surface area contributed by atoms with Crippen molar-refractivity contribution in [3.63, 3.8) is 0 Å². The Hall–Kier alpha value is -2.51. The molecule has 5 heteroatoms. The Bertz CT molecular complexity index is 677. The van der Waals surface area contributed by atoms with Gasteiger partial charge in [0.2, 0.25) is 0 Å². The molecular formula is C16H13ClN2O2. The number of nitrogens with one attached hydrogen (secondary N) is 1. The van der Waals surface area contributed by atoms with Gasteiger partial charge in [-0.3, -0.25) is 4.79 Å². The van der Waals surface area contributed by atoms with Gasteiger partial charge in [0.15, 0.2) is 6.10 Å². The molecule has 21 heavy (non-hydrogen) atoms. The highest BCUT2D eigenvalue weighted by atomic mass is 35.5. The molecule has 0 heterocycles. The van der Waals surface area contributed by atoms with E-state index in [4.69, 9.17) is 21.6 Å². The molecule has 0 bridgehead atoms. The number of amides is 1. The monoisotopic (exact) mass is 300 g/mol. The van der Waals surface area contributed by atoms with E-state index >= 15 is 0 Å². The van der Waals surface area contributed by atoms with E-state index in [2.05, 4.69) is 5.32 Å². The third kappa shape index (κ3) is 3.98. The maximum absolute atomic E-state index is 12.0. The third-order valence-electron chi connectivity index (χ3n) is 2.80. The van der Waals surface area contributed by atoms with Gasteiger partial charge in [0.1, 0.15) is 5.75 Å². The number of carbonyl (C=O) groups is 1. The van der Waals surface area contributed by atoms with Gasteiger partial charge >= 0.3 is 0 Å². The summed E-state index contributed by atoms with van der Waals surface area (Å²) in [5, 5.41) is 11.9. The number of hydrogen-bond donors (Lipinski definition) is 1. The number of nitriles is 1. The van der Waals surface area contributed by atoms with Crippen LogP contribution in [0.5, 0.6) is 5.75 Å². The molecule has 0 aliphatic heterocycles. The van der Waals surface area contributed by atoms with Crippen LogP contribution < -0.4 is 10.1 Å². The Kier molecular flexibility index (Phi) is 4.81. The lowest BCUT2D eigenvalue weighted by molar-refractivity contribution is -0.122. The highest BCUT2D eigenvalue weighted by molar-refractivity contribution is 6.33. The SMILES string of the molecule is CC(Oc1ccc(C#N)cc1)C(=O)Nc1ccccc1Cl. The third-order valence-corrected chi connectivity index (χ3v) is 3.13. The number of ether oxygens (including phenoxy) is 1. The number of benzene rings is 2. The molecule has 0 aliphatic carbocycles. The number of nitrogens with zero attached hydrogens (tertiary/aromatic N) is 1. The Morgan fingerprint density at radius 1 is 1.24 bits per heavy atom. The molecule has 0 aliphatic rings. The average molecular weight is 301 g/mol. The maximum atomic E-state index is 12.0. The normalized spacial score (nSPS) is 11.3. The Balaban J connectivity index is 1.99. The van der Waals surface area contributed by atoms with Crippen LogP contribution in [-0.4, -0.2) is 12.0 Å². The first kappa shape index (κ1) is 14.9. The second kappa shape index (κ2) is 6.78. The van der Waals surface area contributed by atoms with Crippen molar-refractivity contribution >= 4 is 23.2 Å². The molecule has 1 atom stereocenters. The quantitative estimate of drug-likeness (QED) is 0.938. The predicted octanol–water partition coefficient (Wildman–Crippen LogP) is 3.62. The minimum absolute atomic E-state index is 0.299. The van der Waals surface area contributed by atoms with Crippen LogP contribution in [0.3, 0.4) is 0 Å². The van der Waals surface area contributed by atoms with Gasteiger partial charge in [-0.05, 0) is 43.3 Å². The van der Waals surface area contributed by atoms with E-state index < -0.39 is 6.10 Å². The topological polar surface area (TPSA) is 62.1 Å². The number of halogens is 1. The zero-order chi connectivity index (χ0) is 15.2. The van der Waals surface area contributed by atoms with Crippen molar-refractivity contribution in [2.75, 3.05) is 5.32 Å². The van der Waals surface area contributed by atoms with Crippen LogP contribution in [0.2, 0.25) is 5.02 Å². The summed E-state index contributed by atoms with van der Waals surface area (Å²) in [4.78, 5) is 12.0. The van der Waals surface area contributed by atoms with Crippen LogP contribution in [-0.2, 0) is 4.79 Å². The minimum atomic E-state index is -0.686. The van der Waals surface area contributed by atoms with E-state index in [1.807, 2.05) is 6.07 Å². The fraction of sp³-hybridized carbons (Fsp3) is 0.125. The number of anilines is 1. The first-order chi connectivity index (χ1) is 10.1. The van der Waals surface area contributed by atoms with Gasteiger partial charge in [-0.1, -0.05) is 23.7 Å². The molecular weight excluding hydrogens is 288 g/mol. The molecule has 0 saturated heterocycles. The van der Waals surface area contributed by atoms with Gasteiger partial charge in [-0.2, -0.15) is 5.26 Å². The Morgan fingerprint density at radius 2 is 1.90 bits per heavy atom. The molecule has 2 aromatic rings. The minimum Gasteiger partial charge on any atom is -0.481 e. The lowest BCUT2D eigenvalue weighted by atomic mass is 10.2. The van der Waals surface area contributed by atoms with Gasteiger partial charge in [0.05, 0.1) is 22.3 Å². The number of carbonyl (C=O) groups excluding carboxylic acids is 1. The van der Waals surface area contributed by atoms with Crippen molar-refractivity contribution in [3.05, 3.63) is 59.1 Å². The van der Waals surface area contributed by atoms with Crippen LogP contribution in [0, 0.1) is 11.3 Å². The van der Waals surface area contributed by atoms with E-state index in [1.165, 1.54) is 0 Å². The van der Waals surface area contributed by atoms with Crippen molar-refractivity contribution in [1.29, 1.82) is 5.26 Å². The lowest BCUT2D eigenvalue weighted by Crippen LogP contribution is -2.30. The molecule has 2 aromatic carbocycles. The molecule has 1 N–H and O–H groups in total. The number of hydrogen-bond acceptors (Lipinski definition) is 3. The van der Waals surface area contributed by atoms with Crippen LogP contribution in [0.25, 0.3) is 0 Å². The summed E-state index contributed by atoms with van der Waals surface area (Å²) in [6.07, 6.45) is -0.686. The molecule has 2 rings (SSSR count). The van der Waals surface area contributed by atoms with Crippen molar-refractivity contribution in [1.82, 2.24) is 0 Å². The van der Waals surface area contributed by atoms with E-state index in [0.717, 1.165) is 0 Å². The number of para-hydroxylation sites is 1. The molecule has 106 valence electrons. The predicted molar refractivity (Wildman–Crippen MR) is 81.3 cm³/mol. The summed E-state index contributed by atoms with van der Waals surface area (Å²) in [6, 6.07) is 15.6. The standard InChI is InChI=1S/C16H13ClN2O2/c1-11(21-13-8-6-12(10-18)7-9-13)16(20)19-15-5-3-2-4-14(15)17/h2-9,11H,1H3,(H,19,20). The summed E-state index contributed by atoms with van der Waals surface area (Å²) < 4.78 is 5.52. The molecule has 0 spiro atoms. The molecule has 0 aromatic heterocycles. The van der Waals surface area contributed by atoms with Gasteiger partial charge in [0.25, 0.3) is 5.91 Å². The summed E-state index contributed by atoms with van der Waals surface area (Å²) >= 11 is 5.98. The fourth-order valence-electron chi connectivity index (χ4n) is 1.66. The Morgan fingerprint density at radius 3 is 2.52 bits per heavy atom. The Labute approximate surface area is 127 Å². The second-order valence-electron chi connectivity index (χ2n) is 4.37. The molecule has 4 nitrogen and oxygen atoms in total. The van der Waals surface area contributed by atoms with E-state index in [1.54, 1.807) is 55.5 Å². The van der Waals surface area contributed by atoms with Gasteiger partial charge in [-0.25, -0.2) is 0 Å². The summed E-state index contributed by atoms with van der Waals surface area (Å²) in [5.41, 5.74) is 1.08. The molecule has 0 radical (unpaired) electrons. The van der Waals surface area contributed by atoms with Crippen LogP contribution >= 0.6 is 11.6 Å². The van der Waals surface area contributed by atoms with Gasteiger partial charge < -0.3 is 10.1 Å². The summed E-state index contributed by atoms with van der Waals surface area (Å²) in [6.45, 7) is 1.64. The second-order valence-corrected chi connectivity index (χ2v) is 4.77. The van der Waals surface area contributed by atoms with E-state index in [-0.39, 0.29) is 5.91 Å². The average Bonchev–Trinajstić information content (AvgIpc) is 2.50. The lowest BCUT2D eigenvalue weighted by Gasteiger charge is -2.15. The zero-order valence-electron chi connectivity index (χ0n) is 11.3. The van der Waals surface area contributed by atoms with Crippen molar-refractivity contribution in [2.24, 2.45) is 0 Å². The van der Waals surface area contributed by atoms with Crippen molar-refractivity contribution in [2.45, 2.75) is 13.0 Å². The van der Waals surface area contributed by atoms with E-state index in [0.29, 0.717) is 22.0 Å². The van der Waals surface area contributed by atoms with Gasteiger partial charge in [0, 0.05) is 0 Å². The molecule has 1 amide bonds. The van der Waals surface area contributed by atoms with Crippen molar-refractivity contribution < 1.29 is 9.53 Å².